The maximum Gasteiger partial charge on any atom is 0.264 e. The molecule has 0 radical (unpaired) electrons. The molecular weight excluding hydrogens is 360 g/mol. The van der Waals surface area contributed by atoms with Gasteiger partial charge in [-0.1, -0.05) is 37.3 Å². The summed E-state index contributed by atoms with van der Waals surface area (Å²) in [6.45, 7) is 4.41. The monoisotopic (exact) mass is 384 g/mol. The molecule has 1 unspecified atom stereocenters. The first kappa shape index (κ1) is 19.2. The van der Waals surface area contributed by atoms with Crippen LogP contribution in [0.5, 0.6) is 0 Å². The molecule has 0 fully saturated rings. The number of benzene rings is 2. The third-order valence-corrected chi connectivity index (χ3v) is 6.57. The molecule has 0 aromatic heterocycles. The molecule has 6 heteroatoms. The van der Waals surface area contributed by atoms with Crippen LogP contribution in [0, 0.1) is 0 Å². The highest BCUT2D eigenvalue weighted by Crippen LogP contribution is 2.32. The van der Waals surface area contributed by atoms with E-state index in [1.165, 1.54) is 10.4 Å². The zero-order chi connectivity index (χ0) is 19.4. The highest BCUT2D eigenvalue weighted by atomic mass is 32.2. The molecule has 5 nitrogen and oxygen atoms in total. The number of carbonyl (C=O) groups is 1. The third-order valence-electron chi connectivity index (χ3n) is 4.74. The van der Waals surface area contributed by atoms with Gasteiger partial charge in [-0.15, -0.1) is 0 Å². The molecule has 1 atom stereocenters. The van der Waals surface area contributed by atoms with Gasteiger partial charge in [-0.25, -0.2) is 8.42 Å². The van der Waals surface area contributed by atoms with Crippen molar-refractivity contribution in [3.8, 4) is 0 Å². The van der Waals surface area contributed by atoms with Gasteiger partial charge in [0.2, 0.25) is 5.91 Å². The second-order valence-corrected chi connectivity index (χ2v) is 8.54. The minimum Gasteiger partial charge on any atom is -0.350 e. The first-order valence-corrected chi connectivity index (χ1v) is 10.5. The van der Waals surface area contributed by atoms with Crippen LogP contribution in [-0.4, -0.2) is 26.9 Å². The van der Waals surface area contributed by atoms with Gasteiger partial charge < -0.3 is 5.32 Å². The zero-order valence-electron chi connectivity index (χ0n) is 15.6. The molecule has 1 aliphatic heterocycles. The van der Waals surface area contributed by atoms with E-state index in [1.54, 1.807) is 30.3 Å². The molecule has 1 amide bonds. The summed E-state index contributed by atoms with van der Waals surface area (Å²) >= 11 is 0. The molecule has 1 N–H and O–H groups in total. The normalized spacial score (nSPS) is 15.0. The van der Waals surface area contributed by atoms with Crippen molar-refractivity contribution in [1.82, 2.24) is 5.32 Å². The van der Waals surface area contributed by atoms with Gasteiger partial charge in [-0.05, 0) is 55.2 Å². The number of nitrogens with one attached hydrogen (secondary N) is 1. The number of carbonyl (C=O) groups excluding carboxylic acids is 1. The van der Waals surface area contributed by atoms with Gasteiger partial charge in [-0.3, -0.25) is 9.10 Å². The molecule has 142 valence electrons. The van der Waals surface area contributed by atoms with Gasteiger partial charge in [0.15, 0.2) is 0 Å². The average molecular weight is 385 g/mol. The molecule has 2 aromatic rings. The van der Waals surface area contributed by atoms with Gasteiger partial charge >= 0.3 is 0 Å². The Labute approximate surface area is 160 Å². The summed E-state index contributed by atoms with van der Waals surface area (Å²) in [4.78, 5) is 12.1. The van der Waals surface area contributed by atoms with E-state index in [2.05, 4.69) is 5.32 Å². The van der Waals surface area contributed by atoms with Gasteiger partial charge in [0.25, 0.3) is 10.0 Å². The lowest BCUT2D eigenvalue weighted by Crippen LogP contribution is -2.30. The molecule has 2 aromatic carbocycles. The summed E-state index contributed by atoms with van der Waals surface area (Å²) in [5.74, 6) is -0.158. The van der Waals surface area contributed by atoms with Crippen LogP contribution in [0.3, 0.4) is 0 Å². The van der Waals surface area contributed by atoms with E-state index in [0.717, 1.165) is 29.7 Å². The van der Waals surface area contributed by atoms with Crippen LogP contribution in [0.1, 0.15) is 31.4 Å². The number of sulfonamides is 1. The summed E-state index contributed by atoms with van der Waals surface area (Å²) < 4.78 is 27.4. The molecule has 0 bridgehead atoms. The lowest BCUT2D eigenvalue weighted by atomic mass is 10.2. The molecule has 0 saturated heterocycles. The molecule has 0 saturated carbocycles. The Morgan fingerprint density at radius 2 is 1.89 bits per heavy atom. The summed E-state index contributed by atoms with van der Waals surface area (Å²) in [6, 6.07) is 14.3. The molecule has 0 spiro atoms. The number of hydrogen-bond donors (Lipinski definition) is 1. The van der Waals surface area contributed by atoms with Crippen LogP contribution in [0.4, 0.5) is 5.69 Å². The fourth-order valence-corrected chi connectivity index (χ4v) is 4.50. The largest absolute Gasteiger partial charge is 0.350 e. The van der Waals surface area contributed by atoms with Crippen LogP contribution in [0.25, 0.3) is 6.08 Å². The van der Waals surface area contributed by atoms with Crippen molar-refractivity contribution in [2.75, 3.05) is 10.8 Å². The van der Waals surface area contributed by atoms with Crippen LogP contribution in [-0.2, 0) is 21.2 Å². The Bertz CT molecular complexity index is 950. The fraction of sp³-hybridized carbons (Fsp3) is 0.286. The Balaban J connectivity index is 1.75. The molecule has 3 rings (SSSR count). The summed E-state index contributed by atoms with van der Waals surface area (Å²) in [5.41, 5.74) is 2.58. The Morgan fingerprint density at radius 1 is 1.19 bits per heavy atom. The van der Waals surface area contributed by atoms with Gasteiger partial charge in [0.1, 0.15) is 0 Å². The van der Waals surface area contributed by atoms with Crippen LogP contribution < -0.4 is 9.62 Å². The number of para-hydroxylation sites is 1. The van der Waals surface area contributed by atoms with Crippen molar-refractivity contribution in [3.63, 3.8) is 0 Å². The van der Waals surface area contributed by atoms with Gasteiger partial charge in [0.05, 0.1) is 10.6 Å². The minimum absolute atomic E-state index is 0.123. The summed E-state index contributed by atoms with van der Waals surface area (Å²) in [6.07, 6.45) is 4.74. The Hall–Kier alpha value is -2.60. The van der Waals surface area contributed by atoms with Crippen LogP contribution >= 0.6 is 0 Å². The number of fused-ring (bicyclic) bond motifs is 1. The fourth-order valence-electron chi connectivity index (χ4n) is 3.00. The zero-order valence-corrected chi connectivity index (χ0v) is 16.4. The number of rotatable bonds is 6. The van der Waals surface area contributed by atoms with E-state index in [1.807, 2.05) is 38.1 Å². The highest BCUT2D eigenvalue weighted by molar-refractivity contribution is 7.92. The predicted molar refractivity (Wildman–Crippen MR) is 108 cm³/mol. The first-order valence-electron chi connectivity index (χ1n) is 9.11. The maximum absolute atomic E-state index is 13.0. The lowest BCUT2D eigenvalue weighted by Gasteiger charge is -2.19. The van der Waals surface area contributed by atoms with Crippen molar-refractivity contribution in [1.29, 1.82) is 0 Å². The molecular formula is C21H24N2O3S. The average Bonchev–Trinajstić information content (AvgIpc) is 3.11. The summed E-state index contributed by atoms with van der Waals surface area (Å²) in [7, 11) is -3.59. The third kappa shape index (κ3) is 4.22. The van der Waals surface area contributed by atoms with Gasteiger partial charge in [-0.2, -0.15) is 0 Å². The number of nitrogens with zero attached hydrogens (tertiary/aromatic N) is 1. The standard InChI is InChI=1S/C21H24N2O3S/c1-3-16(2)22-21(24)13-10-17-8-11-19(12-9-17)27(25,26)23-15-14-18-6-4-5-7-20(18)23/h4-13,16H,3,14-15H2,1-2H3,(H,22,24). The lowest BCUT2D eigenvalue weighted by molar-refractivity contribution is -0.117. The molecule has 27 heavy (non-hydrogen) atoms. The predicted octanol–water partition coefficient (Wildman–Crippen LogP) is 3.37. The highest BCUT2D eigenvalue weighted by Gasteiger charge is 2.30. The Morgan fingerprint density at radius 3 is 2.59 bits per heavy atom. The molecule has 1 aliphatic rings. The first-order chi connectivity index (χ1) is 12.9. The molecule has 0 aliphatic carbocycles. The van der Waals surface area contributed by atoms with E-state index in [4.69, 9.17) is 0 Å². The SMILES string of the molecule is CCC(C)NC(=O)C=Cc1ccc(S(=O)(=O)N2CCc3ccccc32)cc1. The Kier molecular flexibility index (Phi) is 5.65. The smallest absolute Gasteiger partial charge is 0.264 e. The number of hydrogen-bond acceptors (Lipinski definition) is 3. The van der Waals surface area contributed by atoms with E-state index in [9.17, 15) is 13.2 Å². The van der Waals surface area contributed by atoms with Crippen molar-refractivity contribution in [2.24, 2.45) is 0 Å². The molecule has 1 heterocycles. The van der Waals surface area contributed by atoms with E-state index in [-0.39, 0.29) is 16.8 Å². The second-order valence-electron chi connectivity index (χ2n) is 6.68. The van der Waals surface area contributed by atoms with Crippen molar-refractivity contribution >= 4 is 27.7 Å². The number of anilines is 1. The second kappa shape index (κ2) is 7.96. The van der Waals surface area contributed by atoms with E-state index < -0.39 is 10.0 Å². The van der Waals surface area contributed by atoms with Gasteiger partial charge in [0, 0.05) is 18.7 Å². The number of amides is 1. The quantitative estimate of drug-likeness (QED) is 0.777. The van der Waals surface area contributed by atoms with E-state index >= 15 is 0 Å². The van der Waals surface area contributed by atoms with Crippen LogP contribution in [0.15, 0.2) is 59.5 Å². The van der Waals surface area contributed by atoms with Crippen LogP contribution in [0.2, 0.25) is 0 Å². The summed E-state index contributed by atoms with van der Waals surface area (Å²) in [5, 5.41) is 2.85. The maximum atomic E-state index is 13.0. The van der Waals surface area contributed by atoms with Crippen molar-refractivity contribution < 1.29 is 13.2 Å². The topological polar surface area (TPSA) is 66.5 Å². The van der Waals surface area contributed by atoms with Crippen molar-refractivity contribution in [2.45, 2.75) is 37.6 Å². The van der Waals surface area contributed by atoms with E-state index in [0.29, 0.717) is 6.54 Å². The van der Waals surface area contributed by atoms with Crippen molar-refractivity contribution in [3.05, 3.63) is 65.7 Å². The minimum atomic E-state index is -3.59.